The number of hydrogen-bond donors (Lipinski definition) is 0. The van der Waals surface area contributed by atoms with E-state index in [9.17, 15) is 4.79 Å². The Bertz CT molecular complexity index is 70.6. The second-order valence-electron chi connectivity index (χ2n) is 1.21. The van der Waals surface area contributed by atoms with Crippen LogP contribution in [0.3, 0.4) is 0 Å². The summed E-state index contributed by atoms with van der Waals surface area (Å²) >= 11 is 10.1. The Hall–Kier alpha value is 0.0500. The van der Waals surface area contributed by atoms with Gasteiger partial charge in [0, 0.05) is 6.92 Å². The van der Waals surface area contributed by atoms with Crippen molar-refractivity contribution in [1.82, 2.24) is 0 Å². The minimum atomic E-state index is -0.245. The Morgan fingerprint density at radius 1 is 1.56 bits per heavy atom. The van der Waals surface area contributed by atoms with Crippen LogP contribution in [-0.2, 0) is 9.53 Å². The lowest BCUT2D eigenvalue weighted by atomic mass is 10.8. The van der Waals surface area contributed by atoms with Gasteiger partial charge >= 0.3 is 5.97 Å². The molecule has 0 aliphatic heterocycles. The zero-order valence-electron chi connectivity index (χ0n) is 5.65. The molecule has 0 saturated heterocycles. The number of halogens is 2. The average molecular weight is 173 g/mol. The van der Waals surface area contributed by atoms with Crippen LogP contribution in [0.4, 0.5) is 0 Å². The molecule has 2 nitrogen and oxygen atoms in total. The van der Waals surface area contributed by atoms with Gasteiger partial charge in [-0.25, -0.2) is 0 Å². The van der Waals surface area contributed by atoms with Crippen LogP contribution in [-0.4, -0.2) is 17.9 Å². The van der Waals surface area contributed by atoms with E-state index < -0.39 is 0 Å². The van der Waals surface area contributed by atoms with Crippen molar-refractivity contribution >= 4 is 29.2 Å². The Morgan fingerprint density at radius 3 is 1.67 bits per heavy atom. The summed E-state index contributed by atoms with van der Waals surface area (Å²) in [6.45, 7) is 3.06. The summed E-state index contributed by atoms with van der Waals surface area (Å²) in [4.78, 5) is 9.37. The SMILES string of the molecule is CC(Cl)Cl.COC(C)=O. The zero-order chi connectivity index (χ0) is 7.86. The molecule has 0 amide bonds. The molecule has 0 aromatic carbocycles. The molecule has 0 radical (unpaired) electrons. The minimum Gasteiger partial charge on any atom is -0.469 e. The molecular formula is C5H10Cl2O2. The van der Waals surface area contributed by atoms with Crippen LogP contribution in [0.2, 0.25) is 0 Å². The van der Waals surface area contributed by atoms with E-state index in [4.69, 9.17) is 23.2 Å². The number of methoxy groups -OCH3 is 1. The maximum atomic E-state index is 9.59. The van der Waals surface area contributed by atoms with Crippen molar-refractivity contribution in [1.29, 1.82) is 0 Å². The second kappa shape index (κ2) is 8.05. The molecular weight excluding hydrogens is 163 g/mol. The third-order valence-corrected chi connectivity index (χ3v) is 0.287. The molecule has 0 unspecified atom stereocenters. The van der Waals surface area contributed by atoms with Crippen LogP contribution < -0.4 is 0 Å². The lowest BCUT2D eigenvalue weighted by Gasteiger charge is -1.80. The highest BCUT2D eigenvalue weighted by molar-refractivity contribution is 6.43. The van der Waals surface area contributed by atoms with Crippen LogP contribution in [0, 0.1) is 0 Å². The summed E-state index contributed by atoms with van der Waals surface area (Å²) in [5.41, 5.74) is 0. The van der Waals surface area contributed by atoms with Crippen molar-refractivity contribution in [3.8, 4) is 0 Å². The number of hydrogen-bond acceptors (Lipinski definition) is 2. The van der Waals surface area contributed by atoms with E-state index in [-0.39, 0.29) is 10.8 Å². The molecule has 0 rings (SSSR count). The molecule has 0 aromatic rings. The summed E-state index contributed by atoms with van der Waals surface area (Å²) in [5, 5.41) is 0. The van der Waals surface area contributed by atoms with Crippen molar-refractivity contribution in [2.45, 2.75) is 18.7 Å². The van der Waals surface area contributed by atoms with E-state index in [1.807, 2.05) is 0 Å². The predicted octanol–water partition coefficient (Wildman–Crippen LogP) is 1.99. The quantitative estimate of drug-likeness (QED) is 0.413. The van der Waals surface area contributed by atoms with Gasteiger partial charge in [0.15, 0.2) is 0 Å². The Balaban J connectivity index is 0. The summed E-state index contributed by atoms with van der Waals surface area (Å²) in [5.74, 6) is -0.245. The fourth-order valence-electron chi connectivity index (χ4n) is 0. The maximum absolute atomic E-state index is 9.59. The number of carbonyl (C=O) groups excluding carboxylic acids is 1. The van der Waals surface area contributed by atoms with Crippen molar-refractivity contribution in [2.75, 3.05) is 7.11 Å². The van der Waals surface area contributed by atoms with E-state index in [0.29, 0.717) is 0 Å². The molecule has 0 N–H and O–H groups in total. The first-order valence-electron chi connectivity index (χ1n) is 2.33. The number of ether oxygens (including phenoxy) is 1. The molecule has 9 heavy (non-hydrogen) atoms. The van der Waals surface area contributed by atoms with Crippen LogP contribution >= 0.6 is 23.2 Å². The van der Waals surface area contributed by atoms with Gasteiger partial charge in [-0.2, -0.15) is 0 Å². The molecule has 0 bridgehead atoms. The summed E-state index contributed by atoms with van der Waals surface area (Å²) < 4.78 is 4.11. The van der Waals surface area contributed by atoms with E-state index in [0.717, 1.165) is 0 Å². The van der Waals surface area contributed by atoms with Gasteiger partial charge in [0.2, 0.25) is 0 Å². The standard InChI is InChI=1S/C3H6O2.C2H4Cl2/c1-3(4)5-2;1-2(3)4/h1-2H3;2H,1H3. The van der Waals surface area contributed by atoms with Gasteiger partial charge in [-0.1, -0.05) is 0 Å². The topological polar surface area (TPSA) is 26.3 Å². The summed E-state index contributed by atoms with van der Waals surface area (Å²) in [6, 6.07) is 0. The highest BCUT2D eigenvalue weighted by Crippen LogP contribution is 1.95. The lowest BCUT2D eigenvalue weighted by Crippen LogP contribution is -1.88. The molecule has 0 fully saturated rings. The average Bonchev–Trinajstić information content (AvgIpc) is 1.65. The lowest BCUT2D eigenvalue weighted by molar-refractivity contribution is -0.137. The van der Waals surface area contributed by atoms with E-state index in [1.165, 1.54) is 14.0 Å². The largest absolute Gasteiger partial charge is 0.469 e. The molecule has 4 heteroatoms. The maximum Gasteiger partial charge on any atom is 0.302 e. The molecule has 0 aromatic heterocycles. The molecule has 0 aliphatic carbocycles. The van der Waals surface area contributed by atoms with Crippen LogP contribution in [0.5, 0.6) is 0 Å². The van der Waals surface area contributed by atoms with Gasteiger partial charge in [-0.3, -0.25) is 4.79 Å². The molecule has 56 valence electrons. The van der Waals surface area contributed by atoms with E-state index in [2.05, 4.69) is 4.74 Å². The first kappa shape index (κ1) is 11.8. The monoisotopic (exact) mass is 172 g/mol. The van der Waals surface area contributed by atoms with Gasteiger partial charge < -0.3 is 4.74 Å². The van der Waals surface area contributed by atoms with E-state index >= 15 is 0 Å². The highest BCUT2D eigenvalue weighted by atomic mass is 35.5. The molecule has 0 heterocycles. The number of alkyl halides is 2. The Labute approximate surface area is 65.1 Å². The first-order valence-corrected chi connectivity index (χ1v) is 3.20. The van der Waals surface area contributed by atoms with Crippen molar-refractivity contribution < 1.29 is 9.53 Å². The first-order chi connectivity index (χ1) is 4.00. The molecule has 0 aliphatic rings. The van der Waals surface area contributed by atoms with Gasteiger partial charge in [0.25, 0.3) is 0 Å². The Kier molecular flexibility index (Phi) is 10.6. The number of esters is 1. The third kappa shape index (κ3) is 70.1. The molecule has 0 saturated carbocycles. The fraction of sp³-hybridized carbons (Fsp3) is 0.800. The molecule has 0 atom stereocenters. The summed E-state index contributed by atoms with van der Waals surface area (Å²) in [6.07, 6.45) is 0. The third-order valence-electron chi connectivity index (χ3n) is 0.287. The number of carbonyl (C=O) groups is 1. The van der Waals surface area contributed by atoms with Gasteiger partial charge in [0.1, 0.15) is 4.84 Å². The smallest absolute Gasteiger partial charge is 0.302 e. The van der Waals surface area contributed by atoms with Gasteiger partial charge in [-0.15, -0.1) is 23.2 Å². The predicted molar refractivity (Wildman–Crippen MR) is 38.9 cm³/mol. The highest BCUT2D eigenvalue weighted by Gasteiger charge is 1.75. The van der Waals surface area contributed by atoms with Crippen LogP contribution in [0.25, 0.3) is 0 Å². The minimum absolute atomic E-state index is 0.222. The van der Waals surface area contributed by atoms with Crippen molar-refractivity contribution in [3.63, 3.8) is 0 Å². The van der Waals surface area contributed by atoms with Crippen LogP contribution in [0.15, 0.2) is 0 Å². The van der Waals surface area contributed by atoms with Crippen LogP contribution in [0.1, 0.15) is 13.8 Å². The van der Waals surface area contributed by atoms with Crippen molar-refractivity contribution in [3.05, 3.63) is 0 Å². The Morgan fingerprint density at radius 2 is 1.67 bits per heavy atom. The van der Waals surface area contributed by atoms with E-state index in [1.54, 1.807) is 6.92 Å². The molecule has 0 spiro atoms. The number of rotatable bonds is 0. The van der Waals surface area contributed by atoms with Gasteiger partial charge in [0.05, 0.1) is 7.11 Å². The summed E-state index contributed by atoms with van der Waals surface area (Å²) in [7, 11) is 1.35. The van der Waals surface area contributed by atoms with Crippen molar-refractivity contribution in [2.24, 2.45) is 0 Å². The van der Waals surface area contributed by atoms with Gasteiger partial charge in [-0.05, 0) is 6.92 Å². The zero-order valence-corrected chi connectivity index (χ0v) is 7.16. The fourth-order valence-corrected chi connectivity index (χ4v) is 0. The normalized spacial score (nSPS) is 7.78. The second-order valence-corrected chi connectivity index (χ2v) is 2.75.